The second kappa shape index (κ2) is 6.75. The number of aromatic carboxylic acids is 1. The van der Waals surface area contributed by atoms with Crippen LogP contribution >= 0.6 is 0 Å². The number of hydrogen-bond acceptors (Lipinski definition) is 4. The van der Waals surface area contributed by atoms with Crippen molar-refractivity contribution in [3.63, 3.8) is 0 Å². The highest BCUT2D eigenvalue weighted by atomic mass is 16.4. The van der Waals surface area contributed by atoms with Crippen LogP contribution in [0.4, 0.5) is 4.79 Å². The molecule has 1 unspecified atom stereocenters. The van der Waals surface area contributed by atoms with E-state index in [1.54, 1.807) is 32.2 Å². The van der Waals surface area contributed by atoms with Crippen LogP contribution in [0, 0.1) is 6.92 Å². The molecule has 0 bridgehead atoms. The van der Waals surface area contributed by atoms with E-state index in [1.165, 1.54) is 12.1 Å². The largest absolute Gasteiger partial charge is 0.478 e. The van der Waals surface area contributed by atoms with Crippen LogP contribution in [0.2, 0.25) is 0 Å². The lowest BCUT2D eigenvalue weighted by Crippen LogP contribution is -2.36. The van der Waals surface area contributed by atoms with Crippen LogP contribution in [0.1, 0.15) is 40.5 Å². The molecular weight excluding hydrogens is 286 g/mol. The Balaban J connectivity index is 1.83. The monoisotopic (exact) mass is 303 g/mol. The molecule has 0 radical (unpaired) electrons. The van der Waals surface area contributed by atoms with Gasteiger partial charge in [0.15, 0.2) is 0 Å². The zero-order chi connectivity index (χ0) is 16.1. The van der Waals surface area contributed by atoms with Crippen molar-refractivity contribution in [2.45, 2.75) is 26.4 Å². The Morgan fingerprint density at radius 1 is 1.32 bits per heavy atom. The van der Waals surface area contributed by atoms with E-state index in [-0.39, 0.29) is 17.6 Å². The molecule has 7 heteroatoms. The molecule has 116 valence electrons. The molecule has 0 aliphatic rings. The van der Waals surface area contributed by atoms with Gasteiger partial charge in [-0.05, 0) is 31.5 Å². The van der Waals surface area contributed by atoms with Gasteiger partial charge >= 0.3 is 12.0 Å². The van der Waals surface area contributed by atoms with Crippen molar-refractivity contribution in [2.75, 3.05) is 0 Å². The summed E-state index contributed by atoms with van der Waals surface area (Å²) in [4.78, 5) is 26.6. The molecule has 22 heavy (non-hydrogen) atoms. The summed E-state index contributed by atoms with van der Waals surface area (Å²) in [6.07, 6.45) is 1.59. The van der Waals surface area contributed by atoms with Crippen LogP contribution in [-0.4, -0.2) is 22.1 Å². The van der Waals surface area contributed by atoms with Gasteiger partial charge in [-0.15, -0.1) is 0 Å². The number of oxazole rings is 1. The smallest absolute Gasteiger partial charge is 0.335 e. The lowest BCUT2D eigenvalue weighted by molar-refractivity contribution is 0.0697. The number of benzene rings is 1. The number of nitrogens with one attached hydrogen (secondary N) is 2. The van der Waals surface area contributed by atoms with Crippen LogP contribution < -0.4 is 10.6 Å². The first-order valence-electron chi connectivity index (χ1n) is 6.74. The molecule has 0 aliphatic carbocycles. The van der Waals surface area contributed by atoms with Gasteiger partial charge < -0.3 is 20.2 Å². The first kappa shape index (κ1) is 15.6. The van der Waals surface area contributed by atoms with E-state index in [0.717, 1.165) is 5.56 Å². The molecule has 3 N–H and O–H groups in total. The van der Waals surface area contributed by atoms with E-state index in [9.17, 15) is 9.59 Å². The van der Waals surface area contributed by atoms with Gasteiger partial charge in [0.1, 0.15) is 11.8 Å². The van der Waals surface area contributed by atoms with Crippen LogP contribution in [-0.2, 0) is 6.54 Å². The van der Waals surface area contributed by atoms with Gasteiger partial charge in [-0.1, -0.05) is 12.1 Å². The summed E-state index contributed by atoms with van der Waals surface area (Å²) in [5.74, 6) is 0.147. The SMILES string of the molecule is Cc1cnc(C(C)NC(=O)NCc2ccc(C(=O)O)cc2)o1. The molecule has 0 saturated carbocycles. The fourth-order valence-corrected chi connectivity index (χ4v) is 1.83. The number of aromatic nitrogens is 1. The molecule has 2 rings (SSSR count). The number of nitrogens with zero attached hydrogens (tertiary/aromatic N) is 1. The van der Waals surface area contributed by atoms with Gasteiger partial charge in [-0.2, -0.15) is 0 Å². The maximum Gasteiger partial charge on any atom is 0.335 e. The minimum Gasteiger partial charge on any atom is -0.478 e. The Morgan fingerprint density at radius 3 is 2.55 bits per heavy atom. The van der Waals surface area contributed by atoms with Crippen molar-refractivity contribution in [1.82, 2.24) is 15.6 Å². The first-order valence-corrected chi connectivity index (χ1v) is 6.74. The second-order valence-corrected chi connectivity index (χ2v) is 4.86. The minimum atomic E-state index is -0.979. The van der Waals surface area contributed by atoms with Crippen molar-refractivity contribution in [1.29, 1.82) is 0 Å². The van der Waals surface area contributed by atoms with Crippen molar-refractivity contribution in [3.05, 3.63) is 53.2 Å². The lowest BCUT2D eigenvalue weighted by Gasteiger charge is -2.11. The molecule has 0 aliphatic heterocycles. The van der Waals surface area contributed by atoms with Crippen LogP contribution in [0.5, 0.6) is 0 Å². The zero-order valence-corrected chi connectivity index (χ0v) is 12.3. The third-order valence-corrected chi connectivity index (χ3v) is 3.01. The molecule has 1 aromatic carbocycles. The number of hydrogen-bond donors (Lipinski definition) is 3. The Labute approximate surface area is 127 Å². The number of carboxylic acids is 1. The first-order chi connectivity index (χ1) is 10.5. The van der Waals surface area contributed by atoms with E-state index < -0.39 is 5.97 Å². The fraction of sp³-hybridized carbons (Fsp3) is 0.267. The summed E-state index contributed by atoms with van der Waals surface area (Å²) in [6.45, 7) is 3.85. The molecule has 1 heterocycles. The second-order valence-electron chi connectivity index (χ2n) is 4.86. The van der Waals surface area contributed by atoms with Gasteiger partial charge in [0.25, 0.3) is 0 Å². The van der Waals surface area contributed by atoms with Crippen LogP contribution in [0.3, 0.4) is 0 Å². The molecule has 1 aromatic heterocycles. The van der Waals surface area contributed by atoms with Crippen LogP contribution in [0.15, 0.2) is 34.9 Å². The molecule has 0 spiro atoms. The summed E-state index contributed by atoms with van der Waals surface area (Å²) in [6, 6.07) is 5.61. The summed E-state index contributed by atoms with van der Waals surface area (Å²) >= 11 is 0. The Bertz CT molecular complexity index is 664. The zero-order valence-electron chi connectivity index (χ0n) is 12.3. The standard InChI is InChI=1S/C15H17N3O4/c1-9-7-16-13(22-9)10(2)18-15(21)17-8-11-3-5-12(6-4-11)14(19)20/h3-7,10H,8H2,1-2H3,(H,19,20)(H2,17,18,21). The average Bonchev–Trinajstić information content (AvgIpc) is 2.92. The van der Waals surface area contributed by atoms with E-state index >= 15 is 0 Å². The summed E-state index contributed by atoms with van der Waals surface area (Å²) in [5.41, 5.74) is 1.01. The molecule has 0 saturated heterocycles. The van der Waals surface area contributed by atoms with Crippen molar-refractivity contribution >= 4 is 12.0 Å². The van der Waals surface area contributed by atoms with Gasteiger partial charge in [-0.25, -0.2) is 14.6 Å². The predicted octanol–water partition coefficient (Wildman–Crippen LogP) is 2.24. The normalized spacial score (nSPS) is 11.7. The van der Waals surface area contributed by atoms with Crippen molar-refractivity contribution in [3.8, 4) is 0 Å². The van der Waals surface area contributed by atoms with E-state index in [2.05, 4.69) is 15.6 Å². The van der Waals surface area contributed by atoms with Crippen molar-refractivity contribution < 1.29 is 19.1 Å². The summed E-state index contributed by atoms with van der Waals surface area (Å²) in [5, 5.41) is 14.2. The fourth-order valence-electron chi connectivity index (χ4n) is 1.83. The number of carbonyl (C=O) groups excluding carboxylic acids is 1. The van der Waals surface area contributed by atoms with Crippen LogP contribution in [0.25, 0.3) is 0 Å². The highest BCUT2D eigenvalue weighted by molar-refractivity contribution is 5.87. The number of urea groups is 1. The van der Waals surface area contributed by atoms with Gasteiger partial charge in [0.05, 0.1) is 11.8 Å². The van der Waals surface area contributed by atoms with E-state index in [4.69, 9.17) is 9.52 Å². The number of amides is 2. The van der Waals surface area contributed by atoms with Crippen molar-refractivity contribution in [2.24, 2.45) is 0 Å². The van der Waals surface area contributed by atoms with E-state index in [0.29, 0.717) is 18.2 Å². The third kappa shape index (κ3) is 4.08. The molecular formula is C15H17N3O4. The highest BCUT2D eigenvalue weighted by Gasteiger charge is 2.13. The Hall–Kier alpha value is -2.83. The Morgan fingerprint density at radius 2 is 2.00 bits per heavy atom. The Kier molecular flexibility index (Phi) is 4.77. The average molecular weight is 303 g/mol. The molecule has 2 aromatic rings. The molecule has 2 amide bonds. The summed E-state index contributed by atoms with van der Waals surface area (Å²) < 4.78 is 5.34. The minimum absolute atomic E-state index is 0.209. The maximum absolute atomic E-state index is 11.8. The molecule has 7 nitrogen and oxygen atoms in total. The quantitative estimate of drug-likeness (QED) is 0.785. The predicted molar refractivity (Wildman–Crippen MR) is 78.4 cm³/mol. The number of carboxylic acid groups (broad SMARTS) is 1. The van der Waals surface area contributed by atoms with E-state index in [1.807, 2.05) is 0 Å². The number of rotatable bonds is 5. The number of carbonyl (C=O) groups is 2. The van der Waals surface area contributed by atoms with Gasteiger partial charge in [0, 0.05) is 6.54 Å². The molecule has 1 atom stereocenters. The third-order valence-electron chi connectivity index (χ3n) is 3.01. The van der Waals surface area contributed by atoms with Gasteiger partial charge in [0.2, 0.25) is 5.89 Å². The lowest BCUT2D eigenvalue weighted by atomic mass is 10.1. The van der Waals surface area contributed by atoms with Gasteiger partial charge in [-0.3, -0.25) is 0 Å². The highest BCUT2D eigenvalue weighted by Crippen LogP contribution is 2.11. The maximum atomic E-state index is 11.8. The topological polar surface area (TPSA) is 104 Å². The molecule has 0 fully saturated rings. The number of aryl methyl sites for hydroxylation is 1. The summed E-state index contributed by atoms with van der Waals surface area (Å²) in [7, 11) is 0.